The van der Waals surface area contributed by atoms with Gasteiger partial charge in [-0.15, -0.1) is 0 Å². The highest BCUT2D eigenvalue weighted by Crippen LogP contribution is 2.23. The van der Waals surface area contributed by atoms with Gasteiger partial charge in [0.05, 0.1) is 17.4 Å². The van der Waals surface area contributed by atoms with E-state index in [1.54, 1.807) is 0 Å². The van der Waals surface area contributed by atoms with Gasteiger partial charge in [0.1, 0.15) is 5.78 Å². The molecule has 0 unspecified atom stereocenters. The fourth-order valence-electron chi connectivity index (χ4n) is 3.72. The van der Waals surface area contributed by atoms with Crippen molar-refractivity contribution < 1.29 is 9.59 Å². The number of rotatable bonds is 12. The van der Waals surface area contributed by atoms with Gasteiger partial charge in [-0.2, -0.15) is 0 Å². The first-order chi connectivity index (χ1) is 16.2. The summed E-state index contributed by atoms with van der Waals surface area (Å²) in [7, 11) is 0. The van der Waals surface area contributed by atoms with Crippen LogP contribution >= 0.6 is 0 Å². The fraction of sp³-hybridized carbons (Fsp3) is 0.321. The maximum atomic E-state index is 12.7. The molecular formula is C28H33N3O2. The molecule has 3 rings (SSSR count). The number of nitrogens with one attached hydrogen (secondary N) is 2. The van der Waals surface area contributed by atoms with Gasteiger partial charge in [-0.05, 0) is 30.5 Å². The van der Waals surface area contributed by atoms with E-state index in [1.165, 1.54) is 0 Å². The van der Waals surface area contributed by atoms with E-state index in [2.05, 4.69) is 10.6 Å². The van der Waals surface area contributed by atoms with Crippen molar-refractivity contribution in [3.63, 3.8) is 0 Å². The number of benzene rings is 2. The largest absolute Gasteiger partial charge is 0.334 e. The topological polar surface area (TPSA) is 71.1 Å². The van der Waals surface area contributed by atoms with Gasteiger partial charge in [0, 0.05) is 24.9 Å². The first-order valence-corrected chi connectivity index (χ1v) is 11.8. The minimum Gasteiger partial charge on any atom is -0.334 e. The molecule has 0 aliphatic rings. The Morgan fingerprint density at radius 3 is 2.30 bits per heavy atom. The number of urea groups is 1. The van der Waals surface area contributed by atoms with Crippen molar-refractivity contribution in [1.29, 1.82) is 0 Å². The first-order valence-electron chi connectivity index (χ1n) is 11.8. The predicted molar refractivity (Wildman–Crippen MR) is 133 cm³/mol. The van der Waals surface area contributed by atoms with Gasteiger partial charge >= 0.3 is 6.03 Å². The van der Waals surface area contributed by atoms with Crippen molar-refractivity contribution in [2.24, 2.45) is 0 Å². The average molecular weight is 444 g/mol. The molecule has 2 aromatic carbocycles. The van der Waals surface area contributed by atoms with Gasteiger partial charge in [0.2, 0.25) is 0 Å². The fourth-order valence-corrected chi connectivity index (χ4v) is 3.72. The van der Waals surface area contributed by atoms with Gasteiger partial charge in [0.25, 0.3) is 0 Å². The highest BCUT2D eigenvalue weighted by molar-refractivity contribution is 5.77. The zero-order valence-corrected chi connectivity index (χ0v) is 19.3. The van der Waals surface area contributed by atoms with E-state index >= 15 is 0 Å². The van der Waals surface area contributed by atoms with Crippen LogP contribution in [-0.4, -0.2) is 16.8 Å². The highest BCUT2D eigenvalue weighted by Gasteiger charge is 2.17. The predicted octanol–water partition coefficient (Wildman–Crippen LogP) is 6.22. The van der Waals surface area contributed by atoms with Crippen LogP contribution in [0.2, 0.25) is 0 Å². The third-order valence-electron chi connectivity index (χ3n) is 5.64. The molecule has 0 fully saturated rings. The van der Waals surface area contributed by atoms with Gasteiger partial charge in [-0.3, -0.25) is 9.78 Å². The second kappa shape index (κ2) is 13.2. The van der Waals surface area contributed by atoms with Crippen molar-refractivity contribution in [2.75, 3.05) is 0 Å². The van der Waals surface area contributed by atoms with Crippen molar-refractivity contribution in [3.05, 3.63) is 90.1 Å². The van der Waals surface area contributed by atoms with E-state index in [4.69, 9.17) is 4.98 Å². The molecule has 1 atom stereocenters. The lowest BCUT2D eigenvalue weighted by atomic mass is 10.0. The Morgan fingerprint density at radius 2 is 1.58 bits per heavy atom. The molecule has 3 aromatic rings. The maximum absolute atomic E-state index is 12.7. The van der Waals surface area contributed by atoms with E-state index < -0.39 is 0 Å². The molecule has 1 heterocycles. The lowest BCUT2D eigenvalue weighted by molar-refractivity contribution is -0.118. The molecule has 0 bridgehead atoms. The lowest BCUT2D eigenvalue weighted by Crippen LogP contribution is -2.38. The number of carbonyl (C=O) groups is 2. The Morgan fingerprint density at radius 1 is 0.848 bits per heavy atom. The summed E-state index contributed by atoms with van der Waals surface area (Å²) in [6, 6.07) is 25.4. The Bertz CT molecular complexity index is 1010. The molecule has 5 nitrogen and oxygen atoms in total. The lowest BCUT2D eigenvalue weighted by Gasteiger charge is -2.20. The second-order valence-corrected chi connectivity index (χ2v) is 8.17. The maximum Gasteiger partial charge on any atom is 0.315 e. The zero-order valence-electron chi connectivity index (χ0n) is 19.3. The summed E-state index contributed by atoms with van der Waals surface area (Å²) in [4.78, 5) is 29.1. The Balaban J connectivity index is 1.65. The van der Waals surface area contributed by atoms with Crippen LogP contribution in [0.25, 0.3) is 11.3 Å². The third-order valence-corrected chi connectivity index (χ3v) is 5.64. The van der Waals surface area contributed by atoms with E-state index in [0.717, 1.165) is 48.2 Å². The van der Waals surface area contributed by atoms with Crippen LogP contribution in [0, 0.1) is 0 Å². The number of hydrogen-bond acceptors (Lipinski definition) is 3. The Labute approximate surface area is 196 Å². The van der Waals surface area contributed by atoms with Crippen molar-refractivity contribution >= 4 is 11.8 Å². The van der Waals surface area contributed by atoms with Crippen LogP contribution in [-0.2, 0) is 11.3 Å². The SMILES string of the molecule is CCC(=O)CCCCC[C@H](NC(=O)NCc1ccccc1)c1cccc(-c2ccccc2)n1. The third kappa shape index (κ3) is 8.19. The summed E-state index contributed by atoms with van der Waals surface area (Å²) >= 11 is 0. The van der Waals surface area contributed by atoms with E-state index in [0.29, 0.717) is 25.2 Å². The molecule has 33 heavy (non-hydrogen) atoms. The molecule has 0 aliphatic heterocycles. The Kier molecular flexibility index (Phi) is 9.64. The van der Waals surface area contributed by atoms with Crippen LogP contribution < -0.4 is 10.6 Å². The summed E-state index contributed by atoms with van der Waals surface area (Å²) in [5.74, 6) is 0.308. The van der Waals surface area contributed by atoms with Crippen LogP contribution in [0.5, 0.6) is 0 Å². The molecule has 0 radical (unpaired) electrons. The van der Waals surface area contributed by atoms with Crippen LogP contribution in [0.3, 0.4) is 0 Å². The standard InChI is InChI=1S/C28H33N3O2/c1-2-24(32)17-10-5-11-18-27(31-28(33)29-21-22-13-6-3-7-14-22)26-20-12-19-25(30-26)23-15-8-4-9-16-23/h3-4,6-9,12-16,19-20,27H,2,5,10-11,17-18,21H2,1H3,(H2,29,31,33)/t27-/m0/s1. The number of unbranched alkanes of at least 4 members (excludes halogenated alkanes) is 2. The van der Waals surface area contributed by atoms with Gasteiger partial charge in [-0.25, -0.2) is 4.79 Å². The molecule has 0 aliphatic carbocycles. The summed E-state index contributed by atoms with van der Waals surface area (Å²) in [6.45, 7) is 2.37. The highest BCUT2D eigenvalue weighted by atomic mass is 16.2. The molecule has 2 N–H and O–H groups in total. The van der Waals surface area contributed by atoms with Crippen molar-refractivity contribution in [2.45, 2.75) is 58.0 Å². The summed E-state index contributed by atoms with van der Waals surface area (Å²) in [6.07, 6.45) is 4.75. The van der Waals surface area contributed by atoms with E-state index in [9.17, 15) is 9.59 Å². The minimum atomic E-state index is -0.211. The second-order valence-electron chi connectivity index (χ2n) is 8.17. The molecular weight excluding hydrogens is 410 g/mol. The number of nitrogens with zero attached hydrogens (tertiary/aromatic N) is 1. The van der Waals surface area contributed by atoms with Crippen LogP contribution in [0.4, 0.5) is 4.79 Å². The minimum absolute atomic E-state index is 0.202. The van der Waals surface area contributed by atoms with Crippen molar-refractivity contribution in [1.82, 2.24) is 15.6 Å². The molecule has 0 spiro atoms. The quantitative estimate of drug-likeness (QED) is 0.327. The van der Waals surface area contributed by atoms with Crippen LogP contribution in [0.1, 0.15) is 62.7 Å². The van der Waals surface area contributed by atoms with E-state index in [-0.39, 0.29) is 12.1 Å². The smallest absolute Gasteiger partial charge is 0.315 e. The number of ketones is 1. The number of carbonyl (C=O) groups excluding carboxylic acids is 2. The number of pyridine rings is 1. The van der Waals surface area contributed by atoms with Gasteiger partial charge in [-0.1, -0.05) is 86.5 Å². The number of aromatic nitrogens is 1. The molecule has 0 saturated heterocycles. The normalized spacial score (nSPS) is 11.5. The summed E-state index contributed by atoms with van der Waals surface area (Å²) in [5.41, 5.74) is 3.83. The molecule has 2 amide bonds. The zero-order chi connectivity index (χ0) is 23.3. The number of hydrogen-bond donors (Lipinski definition) is 2. The van der Waals surface area contributed by atoms with Gasteiger partial charge < -0.3 is 10.6 Å². The number of amides is 2. The van der Waals surface area contributed by atoms with Crippen LogP contribution in [0.15, 0.2) is 78.9 Å². The molecule has 172 valence electrons. The Hall–Kier alpha value is -3.47. The first kappa shape index (κ1) is 24.2. The average Bonchev–Trinajstić information content (AvgIpc) is 2.87. The molecule has 0 saturated carbocycles. The molecule has 1 aromatic heterocycles. The number of Topliss-reactive ketones (excluding diaryl/α,β-unsaturated/α-hetero) is 1. The summed E-state index contributed by atoms with van der Waals surface area (Å²) < 4.78 is 0. The van der Waals surface area contributed by atoms with E-state index in [1.807, 2.05) is 85.8 Å². The van der Waals surface area contributed by atoms with Crippen molar-refractivity contribution in [3.8, 4) is 11.3 Å². The summed E-state index contributed by atoms with van der Waals surface area (Å²) in [5, 5.41) is 6.06. The molecule has 5 heteroatoms. The van der Waals surface area contributed by atoms with Gasteiger partial charge in [0.15, 0.2) is 0 Å². The monoisotopic (exact) mass is 443 g/mol.